The zero-order valence-corrected chi connectivity index (χ0v) is 10.4. The van der Waals surface area contributed by atoms with Crippen LogP contribution in [0.3, 0.4) is 0 Å². The molecule has 100 valence electrons. The minimum absolute atomic E-state index is 0.0876. The Labute approximate surface area is 106 Å². The van der Waals surface area contributed by atoms with Gasteiger partial charge in [0.25, 0.3) is 0 Å². The van der Waals surface area contributed by atoms with Crippen LogP contribution in [0, 0.1) is 5.82 Å². The minimum Gasteiger partial charge on any atom is -0.478 e. The molecule has 0 aliphatic heterocycles. The summed E-state index contributed by atoms with van der Waals surface area (Å²) in [5.41, 5.74) is 0.458. The summed E-state index contributed by atoms with van der Waals surface area (Å²) in [6.45, 7) is 3.76. The van der Waals surface area contributed by atoms with Gasteiger partial charge < -0.3 is 10.2 Å². The Bertz CT molecular complexity index is 409. The van der Waals surface area contributed by atoms with Crippen molar-refractivity contribution in [2.75, 3.05) is 19.7 Å². The normalized spacial score (nSPS) is 10.9. The second-order valence-electron chi connectivity index (χ2n) is 4.06. The summed E-state index contributed by atoms with van der Waals surface area (Å²) < 4.78 is 13.6. The van der Waals surface area contributed by atoms with Gasteiger partial charge in [-0.2, -0.15) is 0 Å². The van der Waals surface area contributed by atoms with Crippen LogP contribution in [-0.4, -0.2) is 40.8 Å². The molecule has 0 fully saturated rings. The quantitative estimate of drug-likeness (QED) is 0.779. The van der Waals surface area contributed by atoms with E-state index in [0.29, 0.717) is 25.1 Å². The highest BCUT2D eigenvalue weighted by Crippen LogP contribution is 2.13. The molecule has 0 radical (unpaired) electrons. The van der Waals surface area contributed by atoms with Crippen molar-refractivity contribution in [2.45, 2.75) is 19.9 Å². The molecule has 0 saturated heterocycles. The van der Waals surface area contributed by atoms with Crippen LogP contribution in [0.25, 0.3) is 0 Å². The van der Waals surface area contributed by atoms with Gasteiger partial charge in [0.05, 0.1) is 5.56 Å². The Morgan fingerprint density at radius 3 is 2.72 bits per heavy atom. The molecule has 0 bridgehead atoms. The van der Waals surface area contributed by atoms with Gasteiger partial charge in [-0.15, -0.1) is 0 Å². The maximum atomic E-state index is 13.6. The van der Waals surface area contributed by atoms with Crippen LogP contribution >= 0.6 is 0 Å². The Hall–Kier alpha value is -1.46. The molecule has 0 saturated carbocycles. The summed E-state index contributed by atoms with van der Waals surface area (Å²) in [5, 5.41) is 17.6. The van der Waals surface area contributed by atoms with Gasteiger partial charge in [0.15, 0.2) is 0 Å². The number of hydrogen-bond acceptors (Lipinski definition) is 3. The molecule has 5 heteroatoms. The number of benzene rings is 1. The van der Waals surface area contributed by atoms with Crippen LogP contribution in [0.5, 0.6) is 0 Å². The van der Waals surface area contributed by atoms with E-state index in [0.717, 1.165) is 6.54 Å². The summed E-state index contributed by atoms with van der Waals surface area (Å²) in [6.07, 6.45) is 0.619. The number of carboxylic acid groups (broad SMARTS) is 1. The zero-order valence-electron chi connectivity index (χ0n) is 10.4. The minimum atomic E-state index is -1.06. The zero-order chi connectivity index (χ0) is 13.5. The van der Waals surface area contributed by atoms with E-state index < -0.39 is 11.8 Å². The fourth-order valence-electron chi connectivity index (χ4n) is 1.71. The largest absolute Gasteiger partial charge is 0.478 e. The molecule has 1 aromatic carbocycles. The van der Waals surface area contributed by atoms with Crippen LogP contribution in [-0.2, 0) is 6.54 Å². The smallest absolute Gasteiger partial charge is 0.335 e. The number of aromatic carboxylic acids is 1. The number of nitrogens with zero attached hydrogens (tertiary/aromatic N) is 1. The summed E-state index contributed by atoms with van der Waals surface area (Å²) in [5.74, 6) is -1.46. The van der Waals surface area contributed by atoms with E-state index in [9.17, 15) is 9.18 Å². The molecule has 4 nitrogen and oxygen atoms in total. The average Bonchev–Trinajstić information content (AvgIpc) is 2.36. The van der Waals surface area contributed by atoms with Crippen molar-refractivity contribution in [1.82, 2.24) is 4.90 Å². The Balaban J connectivity index is 2.80. The highest BCUT2D eigenvalue weighted by molar-refractivity contribution is 5.87. The summed E-state index contributed by atoms with van der Waals surface area (Å²) in [4.78, 5) is 12.8. The third-order valence-corrected chi connectivity index (χ3v) is 2.77. The molecule has 0 aliphatic rings. The first-order valence-corrected chi connectivity index (χ1v) is 5.93. The van der Waals surface area contributed by atoms with E-state index in [1.165, 1.54) is 18.2 Å². The highest BCUT2D eigenvalue weighted by Gasteiger charge is 2.11. The first kappa shape index (κ1) is 14.6. The van der Waals surface area contributed by atoms with Gasteiger partial charge in [0.2, 0.25) is 0 Å². The van der Waals surface area contributed by atoms with Crippen molar-refractivity contribution in [3.05, 3.63) is 35.1 Å². The lowest BCUT2D eigenvalue weighted by atomic mass is 10.1. The molecule has 0 amide bonds. The summed E-state index contributed by atoms with van der Waals surface area (Å²) in [7, 11) is 0. The van der Waals surface area contributed by atoms with Crippen LogP contribution in [0.1, 0.15) is 29.3 Å². The monoisotopic (exact) mass is 255 g/mol. The average molecular weight is 255 g/mol. The molecule has 2 N–H and O–H groups in total. The molecule has 0 aromatic heterocycles. The fraction of sp³-hybridized carbons (Fsp3) is 0.462. The molecule has 0 spiro atoms. The highest BCUT2D eigenvalue weighted by atomic mass is 19.1. The third kappa shape index (κ3) is 4.09. The van der Waals surface area contributed by atoms with Gasteiger partial charge in [-0.3, -0.25) is 4.90 Å². The van der Waals surface area contributed by atoms with Gasteiger partial charge in [-0.1, -0.05) is 6.92 Å². The SMILES string of the molecule is CCN(CCCO)Cc1cc(C(=O)O)ccc1F. The molecular weight excluding hydrogens is 237 g/mol. The van der Waals surface area contributed by atoms with Gasteiger partial charge in [-0.25, -0.2) is 9.18 Å². The van der Waals surface area contributed by atoms with E-state index in [1.54, 1.807) is 0 Å². The first-order valence-electron chi connectivity index (χ1n) is 5.93. The number of aliphatic hydroxyl groups is 1. The van der Waals surface area contributed by atoms with Crippen LogP contribution in [0.2, 0.25) is 0 Å². The first-order chi connectivity index (χ1) is 8.58. The summed E-state index contributed by atoms with van der Waals surface area (Å²) in [6, 6.07) is 3.79. The van der Waals surface area contributed by atoms with Crippen LogP contribution in [0.4, 0.5) is 4.39 Å². The molecule has 0 aliphatic carbocycles. The molecule has 18 heavy (non-hydrogen) atoms. The van der Waals surface area contributed by atoms with Gasteiger partial charge >= 0.3 is 5.97 Å². The molecule has 1 aromatic rings. The second kappa shape index (κ2) is 7.08. The van der Waals surface area contributed by atoms with E-state index in [4.69, 9.17) is 10.2 Å². The van der Waals surface area contributed by atoms with Gasteiger partial charge in [-0.05, 0) is 31.2 Å². The lowest BCUT2D eigenvalue weighted by Gasteiger charge is -2.20. The number of carbonyl (C=O) groups is 1. The van der Waals surface area contributed by atoms with Crippen molar-refractivity contribution in [2.24, 2.45) is 0 Å². The molecule has 0 atom stereocenters. The lowest BCUT2D eigenvalue weighted by Crippen LogP contribution is -2.25. The van der Waals surface area contributed by atoms with Crippen molar-refractivity contribution in [1.29, 1.82) is 0 Å². The number of halogens is 1. The standard InChI is InChI=1S/C13H18FNO3/c1-2-15(6-3-7-16)9-11-8-10(13(17)18)4-5-12(11)14/h4-5,8,16H,2-3,6-7,9H2,1H3,(H,17,18). The van der Waals surface area contributed by atoms with Crippen molar-refractivity contribution in [3.8, 4) is 0 Å². The number of rotatable bonds is 7. The molecular formula is C13H18FNO3. The van der Waals surface area contributed by atoms with E-state index in [1.807, 2.05) is 11.8 Å². The summed E-state index contributed by atoms with van der Waals surface area (Å²) >= 11 is 0. The molecule has 0 unspecified atom stereocenters. The topological polar surface area (TPSA) is 60.8 Å². The van der Waals surface area contributed by atoms with Crippen LogP contribution in [0.15, 0.2) is 18.2 Å². The van der Waals surface area contributed by atoms with Crippen molar-refractivity contribution < 1.29 is 19.4 Å². The number of aliphatic hydroxyl groups excluding tert-OH is 1. The van der Waals surface area contributed by atoms with Gasteiger partial charge in [0.1, 0.15) is 5.82 Å². The Morgan fingerprint density at radius 2 is 2.17 bits per heavy atom. The second-order valence-corrected chi connectivity index (χ2v) is 4.06. The van der Waals surface area contributed by atoms with E-state index in [-0.39, 0.29) is 12.2 Å². The predicted molar refractivity (Wildman–Crippen MR) is 66.0 cm³/mol. The van der Waals surface area contributed by atoms with Crippen molar-refractivity contribution >= 4 is 5.97 Å². The van der Waals surface area contributed by atoms with Crippen molar-refractivity contribution in [3.63, 3.8) is 0 Å². The maximum absolute atomic E-state index is 13.6. The van der Waals surface area contributed by atoms with E-state index >= 15 is 0 Å². The maximum Gasteiger partial charge on any atom is 0.335 e. The Morgan fingerprint density at radius 1 is 1.44 bits per heavy atom. The number of carboxylic acids is 1. The predicted octanol–water partition coefficient (Wildman–Crippen LogP) is 1.73. The lowest BCUT2D eigenvalue weighted by molar-refractivity contribution is 0.0696. The van der Waals surface area contributed by atoms with E-state index in [2.05, 4.69) is 0 Å². The fourth-order valence-corrected chi connectivity index (χ4v) is 1.71. The third-order valence-electron chi connectivity index (χ3n) is 2.77. The van der Waals surface area contributed by atoms with Gasteiger partial charge in [0, 0.05) is 25.3 Å². The molecule has 0 heterocycles. The Kier molecular flexibility index (Phi) is 5.74. The van der Waals surface area contributed by atoms with Crippen LogP contribution < -0.4 is 0 Å². The number of hydrogen-bond donors (Lipinski definition) is 2. The molecule has 1 rings (SSSR count).